The van der Waals surface area contributed by atoms with E-state index in [2.05, 4.69) is 29.1 Å². The van der Waals surface area contributed by atoms with E-state index in [0.29, 0.717) is 0 Å². The zero-order valence-corrected chi connectivity index (χ0v) is 10.7. The zero-order chi connectivity index (χ0) is 12.5. The summed E-state index contributed by atoms with van der Waals surface area (Å²) in [7, 11) is 2.12. The number of nitrogens with zero attached hydrogens (tertiary/aromatic N) is 2. The molecule has 0 bridgehead atoms. The van der Waals surface area contributed by atoms with Gasteiger partial charge in [0, 0.05) is 37.2 Å². The smallest absolute Gasteiger partial charge is 0.130 e. The molecule has 3 nitrogen and oxygen atoms in total. The number of likely N-dealkylation sites (N-methyl/N-ethyl adjacent to an activating group) is 1. The van der Waals surface area contributed by atoms with Gasteiger partial charge in [-0.3, -0.25) is 4.98 Å². The molecule has 0 unspecified atom stereocenters. The third kappa shape index (κ3) is 2.04. The molecule has 3 heteroatoms. The Morgan fingerprint density at radius 1 is 1.17 bits per heavy atom. The second-order valence-corrected chi connectivity index (χ2v) is 4.70. The number of hydrogen-bond donors (Lipinski definition) is 0. The van der Waals surface area contributed by atoms with Gasteiger partial charge in [-0.05, 0) is 43.2 Å². The van der Waals surface area contributed by atoms with Crippen LogP contribution in [0.4, 0.5) is 5.69 Å². The summed E-state index contributed by atoms with van der Waals surface area (Å²) in [5, 5.41) is 0. The first-order valence-corrected chi connectivity index (χ1v) is 6.17. The molecule has 3 rings (SSSR count). The maximum Gasteiger partial charge on any atom is 0.130 e. The highest BCUT2D eigenvalue weighted by Crippen LogP contribution is 2.31. The number of aromatic nitrogens is 1. The number of aryl methyl sites for hydroxylation is 1. The number of fused-ring (bicyclic) bond motifs is 1. The molecule has 92 valence electrons. The van der Waals surface area contributed by atoms with Crippen LogP contribution >= 0.6 is 0 Å². The number of benzene rings is 1. The third-order valence-electron chi connectivity index (χ3n) is 3.28. The molecule has 2 aromatic rings. The first kappa shape index (κ1) is 11.1. The highest BCUT2D eigenvalue weighted by molar-refractivity contribution is 5.59. The van der Waals surface area contributed by atoms with Crippen molar-refractivity contribution >= 4 is 5.69 Å². The summed E-state index contributed by atoms with van der Waals surface area (Å²) < 4.78 is 5.86. The van der Waals surface area contributed by atoms with Gasteiger partial charge in [0.2, 0.25) is 0 Å². The van der Waals surface area contributed by atoms with Gasteiger partial charge in [-0.1, -0.05) is 0 Å². The fraction of sp³-hybridized carbons (Fsp3) is 0.267. The molecule has 0 atom stereocenters. The minimum atomic E-state index is 0.841. The summed E-state index contributed by atoms with van der Waals surface area (Å²) in [5.41, 5.74) is 3.64. The van der Waals surface area contributed by atoms with Crippen molar-refractivity contribution in [1.82, 2.24) is 4.98 Å². The second kappa shape index (κ2) is 4.33. The van der Waals surface area contributed by atoms with Gasteiger partial charge < -0.3 is 9.64 Å². The zero-order valence-electron chi connectivity index (χ0n) is 10.7. The van der Waals surface area contributed by atoms with Crippen LogP contribution in [0.25, 0.3) is 0 Å². The number of rotatable bonds is 2. The third-order valence-corrected chi connectivity index (χ3v) is 3.28. The molecule has 0 saturated carbocycles. The fourth-order valence-electron chi connectivity index (χ4n) is 2.33. The quantitative estimate of drug-likeness (QED) is 0.806. The van der Waals surface area contributed by atoms with E-state index in [1.54, 1.807) is 6.20 Å². The van der Waals surface area contributed by atoms with Crippen molar-refractivity contribution in [2.75, 3.05) is 18.5 Å². The molecule has 0 amide bonds. The SMILES string of the molecule is Cc1cc(Oc2ccc3c(c2)CCN3C)ccn1. The van der Waals surface area contributed by atoms with Crippen molar-refractivity contribution in [3.05, 3.63) is 47.8 Å². The Morgan fingerprint density at radius 3 is 2.83 bits per heavy atom. The monoisotopic (exact) mass is 240 g/mol. The van der Waals surface area contributed by atoms with Crippen LogP contribution in [0.1, 0.15) is 11.3 Å². The van der Waals surface area contributed by atoms with Gasteiger partial charge in [0.05, 0.1) is 0 Å². The lowest BCUT2D eigenvalue weighted by atomic mass is 10.1. The average Bonchev–Trinajstić information content (AvgIpc) is 2.71. The van der Waals surface area contributed by atoms with E-state index in [-0.39, 0.29) is 0 Å². The number of anilines is 1. The van der Waals surface area contributed by atoms with Gasteiger partial charge in [0.15, 0.2) is 0 Å². The second-order valence-electron chi connectivity index (χ2n) is 4.70. The van der Waals surface area contributed by atoms with Crippen LogP contribution < -0.4 is 9.64 Å². The molecule has 1 aliphatic heterocycles. The van der Waals surface area contributed by atoms with Crippen molar-refractivity contribution in [2.24, 2.45) is 0 Å². The van der Waals surface area contributed by atoms with Gasteiger partial charge in [0.25, 0.3) is 0 Å². The minimum absolute atomic E-state index is 0.841. The number of hydrogen-bond acceptors (Lipinski definition) is 3. The van der Waals surface area contributed by atoms with E-state index in [0.717, 1.165) is 30.2 Å². The van der Waals surface area contributed by atoms with Gasteiger partial charge in [-0.25, -0.2) is 0 Å². The number of ether oxygens (including phenoxy) is 1. The van der Waals surface area contributed by atoms with Crippen molar-refractivity contribution < 1.29 is 4.74 Å². The molecule has 0 spiro atoms. The lowest BCUT2D eigenvalue weighted by Crippen LogP contribution is -2.12. The molecule has 0 saturated heterocycles. The van der Waals surface area contributed by atoms with E-state index in [1.807, 2.05) is 25.1 Å². The molecule has 0 radical (unpaired) electrons. The Labute approximate surface area is 107 Å². The van der Waals surface area contributed by atoms with E-state index in [9.17, 15) is 0 Å². The molecule has 0 fully saturated rings. The van der Waals surface area contributed by atoms with E-state index in [1.165, 1.54) is 11.3 Å². The normalized spacial score (nSPS) is 13.6. The van der Waals surface area contributed by atoms with Gasteiger partial charge in [-0.15, -0.1) is 0 Å². The standard InChI is InChI=1S/C15H16N2O/c1-11-9-14(5-7-16-11)18-13-3-4-15-12(10-13)6-8-17(15)2/h3-5,7,9-10H,6,8H2,1-2H3. The predicted octanol–water partition coefficient (Wildman–Crippen LogP) is 3.17. The van der Waals surface area contributed by atoms with Crippen LogP contribution in [-0.2, 0) is 6.42 Å². The topological polar surface area (TPSA) is 25.4 Å². The molecule has 1 aromatic carbocycles. The number of pyridine rings is 1. The fourth-order valence-corrected chi connectivity index (χ4v) is 2.33. The van der Waals surface area contributed by atoms with Gasteiger partial charge in [0.1, 0.15) is 11.5 Å². The average molecular weight is 240 g/mol. The van der Waals surface area contributed by atoms with Crippen molar-refractivity contribution in [3.63, 3.8) is 0 Å². The summed E-state index contributed by atoms with van der Waals surface area (Å²) in [6.07, 6.45) is 2.87. The van der Waals surface area contributed by atoms with Crippen LogP contribution in [0.15, 0.2) is 36.5 Å². The minimum Gasteiger partial charge on any atom is -0.457 e. The molecule has 0 N–H and O–H groups in total. The van der Waals surface area contributed by atoms with Gasteiger partial charge >= 0.3 is 0 Å². The molecule has 18 heavy (non-hydrogen) atoms. The Bertz CT molecular complexity index is 580. The largest absolute Gasteiger partial charge is 0.457 e. The van der Waals surface area contributed by atoms with Crippen LogP contribution in [0, 0.1) is 6.92 Å². The van der Waals surface area contributed by atoms with E-state index >= 15 is 0 Å². The molecule has 0 aliphatic carbocycles. The lowest BCUT2D eigenvalue weighted by Gasteiger charge is -2.12. The molecule has 2 heterocycles. The Morgan fingerprint density at radius 2 is 2.00 bits per heavy atom. The molecular formula is C15H16N2O. The molecule has 1 aromatic heterocycles. The van der Waals surface area contributed by atoms with Crippen LogP contribution in [0.2, 0.25) is 0 Å². The highest BCUT2D eigenvalue weighted by Gasteiger charge is 2.15. The predicted molar refractivity (Wildman–Crippen MR) is 72.5 cm³/mol. The first-order chi connectivity index (χ1) is 8.72. The summed E-state index contributed by atoms with van der Waals surface area (Å²) in [6, 6.07) is 10.1. The van der Waals surface area contributed by atoms with Crippen LogP contribution in [0.3, 0.4) is 0 Å². The Hall–Kier alpha value is -2.03. The molecule has 1 aliphatic rings. The van der Waals surface area contributed by atoms with Gasteiger partial charge in [-0.2, -0.15) is 0 Å². The first-order valence-electron chi connectivity index (χ1n) is 6.17. The maximum absolute atomic E-state index is 5.86. The van der Waals surface area contributed by atoms with Crippen molar-refractivity contribution in [2.45, 2.75) is 13.3 Å². The Balaban J connectivity index is 1.86. The summed E-state index contributed by atoms with van der Waals surface area (Å²) >= 11 is 0. The lowest BCUT2D eigenvalue weighted by molar-refractivity contribution is 0.481. The van der Waals surface area contributed by atoms with E-state index < -0.39 is 0 Å². The van der Waals surface area contributed by atoms with E-state index in [4.69, 9.17) is 4.74 Å². The summed E-state index contributed by atoms with van der Waals surface area (Å²) in [5.74, 6) is 1.74. The van der Waals surface area contributed by atoms with Crippen LogP contribution in [-0.4, -0.2) is 18.6 Å². The maximum atomic E-state index is 5.86. The summed E-state index contributed by atoms with van der Waals surface area (Å²) in [4.78, 5) is 6.44. The highest BCUT2D eigenvalue weighted by atomic mass is 16.5. The Kier molecular flexibility index (Phi) is 2.67. The summed E-state index contributed by atoms with van der Waals surface area (Å²) in [6.45, 7) is 3.05. The van der Waals surface area contributed by atoms with Crippen LogP contribution in [0.5, 0.6) is 11.5 Å². The molecular weight excluding hydrogens is 224 g/mol. The van der Waals surface area contributed by atoms with Crippen molar-refractivity contribution in [3.8, 4) is 11.5 Å². The van der Waals surface area contributed by atoms with Crippen molar-refractivity contribution in [1.29, 1.82) is 0 Å².